The third-order valence-corrected chi connectivity index (χ3v) is 5.99. The van der Waals surface area contributed by atoms with Gasteiger partial charge < -0.3 is 14.0 Å². The van der Waals surface area contributed by atoms with Crippen molar-refractivity contribution in [1.29, 1.82) is 0 Å². The summed E-state index contributed by atoms with van der Waals surface area (Å²) < 4.78 is 13.5. The van der Waals surface area contributed by atoms with Crippen LogP contribution in [0.25, 0.3) is 17.0 Å². The normalized spacial score (nSPS) is 13.9. The van der Waals surface area contributed by atoms with E-state index in [1.165, 1.54) is 0 Å². The molecule has 4 aromatic rings. The highest BCUT2D eigenvalue weighted by Gasteiger charge is 2.30. The van der Waals surface area contributed by atoms with Crippen LogP contribution >= 0.6 is 11.6 Å². The first-order valence-electron chi connectivity index (χ1n) is 10.5. The smallest absolute Gasteiger partial charge is 0.315 e. The first-order valence-corrected chi connectivity index (χ1v) is 10.9. The topological polar surface area (TPSA) is 57.5 Å². The van der Waals surface area contributed by atoms with Crippen molar-refractivity contribution in [3.63, 3.8) is 0 Å². The summed E-state index contributed by atoms with van der Waals surface area (Å²) in [6.45, 7) is 1.78. The van der Waals surface area contributed by atoms with Gasteiger partial charge in [-0.3, -0.25) is 9.59 Å². The molecule has 3 aromatic carbocycles. The third kappa shape index (κ3) is 3.92. The Morgan fingerprint density at radius 3 is 2.64 bits per heavy atom. The van der Waals surface area contributed by atoms with Gasteiger partial charge in [0.25, 0.3) is 0 Å². The zero-order valence-corrected chi connectivity index (χ0v) is 18.8. The van der Waals surface area contributed by atoms with E-state index in [1.807, 2.05) is 42.1 Å². The van der Waals surface area contributed by atoms with Gasteiger partial charge in [-0.2, -0.15) is 0 Å². The highest BCUT2D eigenvalue weighted by atomic mass is 35.5. The molecular weight excluding hydrogens is 438 g/mol. The summed E-state index contributed by atoms with van der Waals surface area (Å²) in [5.41, 5.74) is 3.83. The number of ketones is 1. The van der Waals surface area contributed by atoms with Crippen LogP contribution in [0.3, 0.4) is 0 Å². The molecule has 164 valence electrons. The van der Waals surface area contributed by atoms with Gasteiger partial charge in [0.1, 0.15) is 11.5 Å². The van der Waals surface area contributed by atoms with Crippen LogP contribution in [0.15, 0.2) is 72.6 Å². The molecule has 2 heterocycles. The van der Waals surface area contributed by atoms with E-state index in [0.29, 0.717) is 27.6 Å². The number of rotatable bonds is 4. The Labute approximate surface area is 195 Å². The number of hydrogen-bond donors (Lipinski definition) is 0. The largest absolute Gasteiger partial charge is 0.452 e. The Morgan fingerprint density at radius 1 is 1.09 bits per heavy atom. The molecule has 6 heteroatoms. The molecule has 0 bridgehead atoms. The van der Waals surface area contributed by atoms with E-state index in [-0.39, 0.29) is 18.0 Å². The van der Waals surface area contributed by atoms with E-state index in [4.69, 9.17) is 21.1 Å². The van der Waals surface area contributed by atoms with Crippen LogP contribution in [0.2, 0.25) is 5.02 Å². The van der Waals surface area contributed by atoms with E-state index in [1.54, 1.807) is 49.4 Å². The number of ether oxygens (including phenoxy) is 2. The molecule has 1 aliphatic rings. The van der Waals surface area contributed by atoms with E-state index in [0.717, 1.165) is 22.0 Å². The number of hydrogen-bond acceptors (Lipinski definition) is 4. The minimum Gasteiger partial charge on any atom is -0.452 e. The molecule has 0 aliphatic carbocycles. The average Bonchev–Trinajstić information content (AvgIpc) is 3.29. The van der Waals surface area contributed by atoms with Gasteiger partial charge in [-0.25, -0.2) is 0 Å². The van der Waals surface area contributed by atoms with Gasteiger partial charge in [-0.05, 0) is 48.9 Å². The number of allylic oxidation sites excluding steroid dienone is 1. The molecule has 0 saturated carbocycles. The van der Waals surface area contributed by atoms with Gasteiger partial charge in [0.2, 0.25) is 5.78 Å². The van der Waals surface area contributed by atoms with Crippen molar-refractivity contribution < 1.29 is 19.1 Å². The second-order valence-electron chi connectivity index (χ2n) is 7.99. The monoisotopic (exact) mass is 457 g/mol. The summed E-state index contributed by atoms with van der Waals surface area (Å²) in [6.07, 6.45) is 3.84. The minimum atomic E-state index is -0.406. The van der Waals surface area contributed by atoms with Gasteiger partial charge in [0.05, 0.1) is 12.0 Å². The summed E-state index contributed by atoms with van der Waals surface area (Å²) >= 11 is 5.89. The summed E-state index contributed by atoms with van der Waals surface area (Å²) in [5, 5.41) is 1.64. The predicted octanol–water partition coefficient (Wildman–Crippen LogP) is 5.90. The quantitative estimate of drug-likeness (QED) is 0.217. The van der Waals surface area contributed by atoms with Crippen molar-refractivity contribution in [3.8, 4) is 11.5 Å². The molecule has 0 spiro atoms. The van der Waals surface area contributed by atoms with Crippen LogP contribution in [0.1, 0.15) is 27.0 Å². The fraction of sp³-hybridized carbons (Fsp3) is 0.111. The van der Waals surface area contributed by atoms with Crippen molar-refractivity contribution in [2.24, 2.45) is 7.05 Å². The zero-order chi connectivity index (χ0) is 23.1. The molecule has 0 radical (unpaired) electrons. The van der Waals surface area contributed by atoms with Crippen LogP contribution in [0.5, 0.6) is 11.5 Å². The highest BCUT2D eigenvalue weighted by molar-refractivity contribution is 6.30. The number of para-hydroxylation sites is 1. The van der Waals surface area contributed by atoms with Crippen molar-refractivity contribution in [1.82, 2.24) is 4.57 Å². The Morgan fingerprint density at radius 2 is 1.85 bits per heavy atom. The number of aromatic nitrogens is 1. The van der Waals surface area contributed by atoms with Crippen LogP contribution in [-0.4, -0.2) is 16.3 Å². The number of nitrogens with zero attached hydrogens (tertiary/aromatic N) is 1. The van der Waals surface area contributed by atoms with E-state index >= 15 is 0 Å². The van der Waals surface area contributed by atoms with Gasteiger partial charge in [-0.1, -0.05) is 41.9 Å². The number of halogens is 1. The van der Waals surface area contributed by atoms with Crippen molar-refractivity contribution >= 4 is 40.3 Å². The number of aryl methyl sites for hydroxylation is 1. The Bertz CT molecular complexity index is 1450. The molecule has 0 atom stereocenters. The molecule has 5 nitrogen and oxygen atoms in total. The molecular formula is C27H20ClNO4. The van der Waals surface area contributed by atoms with Crippen molar-refractivity contribution in [3.05, 3.63) is 99.9 Å². The second kappa shape index (κ2) is 8.26. The molecule has 0 N–H and O–H groups in total. The second-order valence-corrected chi connectivity index (χ2v) is 8.43. The Hall–Kier alpha value is -3.83. The summed E-state index contributed by atoms with van der Waals surface area (Å²) in [5.74, 6) is 0.431. The lowest BCUT2D eigenvalue weighted by atomic mass is 10.1. The summed E-state index contributed by atoms with van der Waals surface area (Å²) in [7, 11) is 1.96. The Balaban J connectivity index is 1.40. The molecule has 1 aliphatic heterocycles. The van der Waals surface area contributed by atoms with E-state index < -0.39 is 5.97 Å². The zero-order valence-electron chi connectivity index (χ0n) is 18.1. The Kier molecular flexibility index (Phi) is 5.27. The van der Waals surface area contributed by atoms with Crippen LogP contribution in [-0.2, 0) is 18.3 Å². The third-order valence-electron chi connectivity index (χ3n) is 5.74. The maximum absolute atomic E-state index is 13.0. The number of carbonyl (C=O) groups is 2. The van der Waals surface area contributed by atoms with Crippen molar-refractivity contribution in [2.45, 2.75) is 13.3 Å². The van der Waals surface area contributed by atoms with Crippen LogP contribution < -0.4 is 9.47 Å². The first-order chi connectivity index (χ1) is 15.9. The fourth-order valence-electron chi connectivity index (χ4n) is 4.04. The molecule has 0 amide bonds. The van der Waals surface area contributed by atoms with Gasteiger partial charge in [0.15, 0.2) is 5.76 Å². The standard InChI is InChI=1S/C27H20ClNO4/c1-16-23(32-25(30)13-17-7-9-19(28)10-8-17)12-11-21-26(31)24(33-27(16)21)14-18-15-29(2)22-6-4-3-5-20(18)22/h3-12,14-15H,13H2,1-2H3/b24-14-. The number of fused-ring (bicyclic) bond motifs is 2. The van der Waals surface area contributed by atoms with Gasteiger partial charge in [0, 0.05) is 40.3 Å². The van der Waals surface area contributed by atoms with Crippen molar-refractivity contribution in [2.75, 3.05) is 0 Å². The maximum Gasteiger partial charge on any atom is 0.315 e. The van der Waals surface area contributed by atoms with E-state index in [9.17, 15) is 9.59 Å². The molecule has 33 heavy (non-hydrogen) atoms. The van der Waals surface area contributed by atoms with E-state index in [2.05, 4.69) is 0 Å². The number of Topliss-reactive ketones (excluding diaryl/α,β-unsaturated/α-hetero) is 1. The summed E-state index contributed by atoms with van der Waals surface area (Å²) in [4.78, 5) is 25.4. The average molecular weight is 458 g/mol. The summed E-state index contributed by atoms with van der Waals surface area (Å²) in [6, 6.07) is 18.3. The van der Waals surface area contributed by atoms with Gasteiger partial charge in [-0.15, -0.1) is 0 Å². The van der Waals surface area contributed by atoms with Crippen LogP contribution in [0.4, 0.5) is 0 Å². The highest BCUT2D eigenvalue weighted by Crippen LogP contribution is 2.39. The lowest BCUT2D eigenvalue weighted by molar-refractivity contribution is -0.133. The molecule has 1 aromatic heterocycles. The fourth-order valence-corrected chi connectivity index (χ4v) is 4.16. The molecule has 5 rings (SSSR count). The predicted molar refractivity (Wildman–Crippen MR) is 128 cm³/mol. The number of esters is 1. The number of carbonyl (C=O) groups excluding carboxylic acids is 2. The van der Waals surface area contributed by atoms with Gasteiger partial charge >= 0.3 is 5.97 Å². The first kappa shape index (κ1) is 21.0. The maximum atomic E-state index is 13.0. The number of benzene rings is 3. The lowest BCUT2D eigenvalue weighted by Gasteiger charge is -2.10. The lowest BCUT2D eigenvalue weighted by Crippen LogP contribution is -2.12. The molecule has 0 unspecified atom stereocenters. The minimum absolute atomic E-state index is 0.111. The molecule has 0 fully saturated rings. The van der Waals surface area contributed by atoms with Crippen LogP contribution in [0, 0.1) is 6.92 Å². The molecule has 0 saturated heterocycles. The SMILES string of the molecule is Cc1c(OC(=O)Cc2ccc(Cl)cc2)ccc2c1O/C(=C\c1cn(C)c3ccccc13)C2=O.